The number of amides is 1. The van der Waals surface area contributed by atoms with Crippen molar-refractivity contribution in [2.24, 2.45) is 0 Å². The van der Waals surface area contributed by atoms with E-state index in [4.69, 9.17) is 0 Å². The molecule has 1 amide bonds. The van der Waals surface area contributed by atoms with Gasteiger partial charge in [-0.2, -0.15) is 0 Å². The topological polar surface area (TPSA) is 72.2 Å². The van der Waals surface area contributed by atoms with E-state index in [0.29, 0.717) is 11.2 Å². The summed E-state index contributed by atoms with van der Waals surface area (Å²) in [6, 6.07) is 15.1. The number of thiazole rings is 1. The Kier molecular flexibility index (Phi) is 3.65. The summed E-state index contributed by atoms with van der Waals surface area (Å²) < 4.78 is 1.97. The zero-order valence-electron chi connectivity index (χ0n) is 14.0. The molecule has 0 fully saturated rings. The second-order valence-corrected chi connectivity index (χ2v) is 6.84. The maximum atomic E-state index is 12.7. The van der Waals surface area contributed by atoms with E-state index in [-0.39, 0.29) is 11.6 Å². The van der Waals surface area contributed by atoms with Gasteiger partial charge in [-0.25, -0.2) is 9.97 Å². The summed E-state index contributed by atoms with van der Waals surface area (Å²) in [4.78, 5) is 27.0. The van der Waals surface area contributed by atoms with E-state index in [9.17, 15) is 4.79 Å². The maximum Gasteiger partial charge on any atom is 0.275 e. The molecule has 7 heteroatoms. The fourth-order valence-electron chi connectivity index (χ4n) is 2.93. The first-order chi connectivity index (χ1) is 13.3. The van der Waals surface area contributed by atoms with Crippen molar-refractivity contribution < 1.29 is 4.79 Å². The van der Waals surface area contributed by atoms with Gasteiger partial charge in [-0.15, -0.1) is 11.3 Å². The highest BCUT2D eigenvalue weighted by molar-refractivity contribution is 7.15. The number of carbonyl (C=O) groups is 1. The second kappa shape index (κ2) is 6.30. The van der Waals surface area contributed by atoms with Crippen molar-refractivity contribution in [3.63, 3.8) is 0 Å². The van der Waals surface area contributed by atoms with Crippen LogP contribution in [0.4, 0.5) is 5.69 Å². The summed E-state index contributed by atoms with van der Waals surface area (Å²) in [7, 11) is 0. The van der Waals surface area contributed by atoms with Gasteiger partial charge in [0, 0.05) is 23.3 Å². The first kappa shape index (κ1) is 15.7. The molecule has 0 aliphatic carbocycles. The van der Waals surface area contributed by atoms with Gasteiger partial charge in [0.1, 0.15) is 5.69 Å². The predicted molar refractivity (Wildman–Crippen MR) is 106 cm³/mol. The van der Waals surface area contributed by atoms with Crippen LogP contribution in [0.1, 0.15) is 10.5 Å². The van der Waals surface area contributed by atoms with Crippen molar-refractivity contribution in [1.82, 2.24) is 19.4 Å². The molecule has 2 aromatic carbocycles. The Bertz CT molecular complexity index is 1260. The Hall–Kier alpha value is -3.58. The van der Waals surface area contributed by atoms with Gasteiger partial charge in [-0.05, 0) is 18.2 Å². The SMILES string of the molecule is O=C(Nc1ccccc1-c1cn2ccsc2n1)c1cnc2ccccc2n1. The highest BCUT2D eigenvalue weighted by atomic mass is 32.1. The number of para-hydroxylation sites is 3. The largest absolute Gasteiger partial charge is 0.320 e. The van der Waals surface area contributed by atoms with Crippen molar-refractivity contribution in [1.29, 1.82) is 0 Å². The maximum absolute atomic E-state index is 12.7. The standard InChI is InChI=1S/C20H13N5OS/c26-19(17-11-21-15-7-3-4-8-16(15)22-17)23-14-6-2-1-5-13(14)18-12-25-9-10-27-20(25)24-18/h1-12H,(H,23,26). The molecule has 6 nitrogen and oxygen atoms in total. The lowest BCUT2D eigenvalue weighted by Gasteiger charge is -2.09. The Labute approximate surface area is 158 Å². The molecule has 5 rings (SSSR count). The van der Waals surface area contributed by atoms with Gasteiger partial charge in [-0.1, -0.05) is 30.3 Å². The van der Waals surface area contributed by atoms with E-state index < -0.39 is 0 Å². The lowest BCUT2D eigenvalue weighted by Crippen LogP contribution is -2.14. The Morgan fingerprint density at radius 2 is 1.81 bits per heavy atom. The number of hydrogen-bond donors (Lipinski definition) is 1. The third kappa shape index (κ3) is 2.84. The summed E-state index contributed by atoms with van der Waals surface area (Å²) in [5.74, 6) is -0.304. The first-order valence-electron chi connectivity index (χ1n) is 8.33. The monoisotopic (exact) mass is 371 g/mol. The van der Waals surface area contributed by atoms with Crippen molar-refractivity contribution >= 4 is 38.9 Å². The molecule has 27 heavy (non-hydrogen) atoms. The molecule has 1 N–H and O–H groups in total. The summed E-state index contributed by atoms with van der Waals surface area (Å²) >= 11 is 1.57. The summed E-state index contributed by atoms with van der Waals surface area (Å²) in [5.41, 5.74) is 4.07. The molecule has 5 aromatic rings. The fourth-order valence-corrected chi connectivity index (χ4v) is 3.63. The van der Waals surface area contributed by atoms with Crippen molar-refractivity contribution in [3.05, 3.63) is 78.2 Å². The van der Waals surface area contributed by atoms with Crippen LogP contribution in [0.2, 0.25) is 0 Å². The molecular formula is C20H13N5OS. The average Bonchev–Trinajstić information content (AvgIpc) is 3.30. The number of fused-ring (bicyclic) bond motifs is 2. The Morgan fingerprint density at radius 3 is 2.70 bits per heavy atom. The molecule has 130 valence electrons. The number of anilines is 1. The van der Waals surface area contributed by atoms with E-state index in [1.165, 1.54) is 6.20 Å². The zero-order chi connectivity index (χ0) is 18.2. The minimum atomic E-state index is -0.304. The molecule has 0 aliphatic rings. The highest BCUT2D eigenvalue weighted by Gasteiger charge is 2.14. The molecule has 0 saturated carbocycles. The molecular weight excluding hydrogens is 358 g/mol. The predicted octanol–water partition coefficient (Wildman–Crippen LogP) is 4.26. The summed E-state index contributed by atoms with van der Waals surface area (Å²) in [6.45, 7) is 0. The van der Waals surface area contributed by atoms with Crippen LogP contribution in [0.25, 0.3) is 27.3 Å². The fraction of sp³-hybridized carbons (Fsp3) is 0. The number of rotatable bonds is 3. The van der Waals surface area contributed by atoms with Gasteiger partial charge in [0.15, 0.2) is 4.96 Å². The third-order valence-electron chi connectivity index (χ3n) is 4.23. The molecule has 0 aliphatic heterocycles. The smallest absolute Gasteiger partial charge is 0.275 e. The number of benzene rings is 2. The van der Waals surface area contributed by atoms with Crippen LogP contribution in [0.5, 0.6) is 0 Å². The van der Waals surface area contributed by atoms with Crippen LogP contribution in [0.15, 0.2) is 72.5 Å². The lowest BCUT2D eigenvalue weighted by molar-refractivity contribution is 0.102. The number of hydrogen-bond acceptors (Lipinski definition) is 5. The van der Waals surface area contributed by atoms with Gasteiger partial charge in [0.05, 0.1) is 28.6 Å². The summed E-state index contributed by atoms with van der Waals surface area (Å²) in [6.07, 6.45) is 5.40. The van der Waals surface area contributed by atoms with Gasteiger partial charge in [-0.3, -0.25) is 14.2 Å². The van der Waals surface area contributed by atoms with Crippen molar-refractivity contribution in [2.45, 2.75) is 0 Å². The third-order valence-corrected chi connectivity index (χ3v) is 5.00. The van der Waals surface area contributed by atoms with Crippen LogP contribution >= 0.6 is 11.3 Å². The molecule has 0 saturated heterocycles. The number of aromatic nitrogens is 4. The Balaban J connectivity index is 1.49. The van der Waals surface area contributed by atoms with Crippen LogP contribution in [-0.2, 0) is 0 Å². The van der Waals surface area contributed by atoms with Crippen LogP contribution in [-0.4, -0.2) is 25.3 Å². The molecule has 0 atom stereocenters. The van der Waals surface area contributed by atoms with E-state index in [0.717, 1.165) is 21.7 Å². The van der Waals surface area contributed by atoms with E-state index in [2.05, 4.69) is 20.3 Å². The number of imidazole rings is 1. The minimum Gasteiger partial charge on any atom is -0.320 e. The van der Waals surface area contributed by atoms with E-state index in [1.807, 2.05) is 70.7 Å². The molecule has 3 heterocycles. The van der Waals surface area contributed by atoms with Gasteiger partial charge < -0.3 is 5.32 Å². The quantitative estimate of drug-likeness (QED) is 0.514. The van der Waals surface area contributed by atoms with Crippen LogP contribution < -0.4 is 5.32 Å². The molecule has 3 aromatic heterocycles. The number of carbonyl (C=O) groups excluding carboxylic acids is 1. The molecule has 0 unspecified atom stereocenters. The van der Waals surface area contributed by atoms with Crippen molar-refractivity contribution in [3.8, 4) is 11.3 Å². The minimum absolute atomic E-state index is 0.273. The second-order valence-electron chi connectivity index (χ2n) is 5.96. The van der Waals surface area contributed by atoms with E-state index >= 15 is 0 Å². The van der Waals surface area contributed by atoms with E-state index in [1.54, 1.807) is 11.3 Å². The molecule has 0 spiro atoms. The molecule has 0 bridgehead atoms. The molecule has 0 radical (unpaired) electrons. The highest BCUT2D eigenvalue weighted by Crippen LogP contribution is 2.28. The van der Waals surface area contributed by atoms with Gasteiger partial charge in [0.25, 0.3) is 5.91 Å². The number of nitrogens with one attached hydrogen (secondary N) is 1. The summed E-state index contributed by atoms with van der Waals surface area (Å²) in [5, 5.41) is 4.92. The lowest BCUT2D eigenvalue weighted by atomic mass is 10.1. The number of nitrogens with zero attached hydrogens (tertiary/aromatic N) is 4. The van der Waals surface area contributed by atoms with Crippen molar-refractivity contribution in [2.75, 3.05) is 5.32 Å². The first-order valence-corrected chi connectivity index (χ1v) is 9.21. The zero-order valence-corrected chi connectivity index (χ0v) is 14.9. The van der Waals surface area contributed by atoms with Gasteiger partial charge in [0.2, 0.25) is 0 Å². The van der Waals surface area contributed by atoms with Gasteiger partial charge >= 0.3 is 0 Å². The van der Waals surface area contributed by atoms with Crippen LogP contribution in [0.3, 0.4) is 0 Å². The van der Waals surface area contributed by atoms with Crippen LogP contribution in [0, 0.1) is 0 Å². The normalized spacial score (nSPS) is 11.1. The Morgan fingerprint density at radius 1 is 1.00 bits per heavy atom. The average molecular weight is 371 g/mol.